The predicted molar refractivity (Wildman–Crippen MR) is 117 cm³/mol. The molecule has 0 atom stereocenters. The zero-order chi connectivity index (χ0) is 19.2. The van der Waals surface area contributed by atoms with E-state index in [2.05, 4.69) is 65.5 Å². The minimum atomic E-state index is 0.561. The molecule has 0 amide bonds. The second kappa shape index (κ2) is 6.79. The van der Waals surface area contributed by atoms with Crippen molar-refractivity contribution in [3.63, 3.8) is 0 Å². The fourth-order valence-corrected chi connectivity index (χ4v) is 4.98. The molecule has 1 fully saturated rings. The lowest BCUT2D eigenvalue weighted by Gasteiger charge is -2.22. The van der Waals surface area contributed by atoms with Gasteiger partial charge < -0.3 is 10.3 Å². The second-order valence-electron chi connectivity index (χ2n) is 7.58. The zero-order valence-corrected chi connectivity index (χ0v) is 16.6. The summed E-state index contributed by atoms with van der Waals surface area (Å²) in [5.41, 5.74) is 7.27. The molecule has 1 aliphatic rings. The van der Waals surface area contributed by atoms with Gasteiger partial charge >= 0.3 is 0 Å². The van der Waals surface area contributed by atoms with Crippen molar-refractivity contribution in [2.75, 3.05) is 13.1 Å². The van der Waals surface area contributed by atoms with Crippen molar-refractivity contribution >= 4 is 33.4 Å². The first kappa shape index (κ1) is 16.9. The minimum Gasteiger partial charge on any atom is -0.338 e. The van der Waals surface area contributed by atoms with E-state index in [9.17, 15) is 0 Å². The Balaban J connectivity index is 1.48. The quantitative estimate of drug-likeness (QED) is 0.410. The van der Waals surface area contributed by atoms with Crippen LogP contribution in [0.4, 0.5) is 0 Å². The topological polar surface area (TPSA) is 82.3 Å². The Morgan fingerprint density at radius 1 is 1.00 bits per heavy atom. The van der Waals surface area contributed by atoms with Gasteiger partial charge in [0.25, 0.3) is 0 Å². The van der Waals surface area contributed by atoms with Crippen molar-refractivity contribution in [2.45, 2.75) is 18.8 Å². The Kier molecular flexibility index (Phi) is 3.95. The van der Waals surface area contributed by atoms with E-state index in [1.54, 1.807) is 11.3 Å². The lowest BCUT2D eigenvalue weighted by atomic mass is 9.91. The number of hydrogen-bond acceptors (Lipinski definition) is 5. The summed E-state index contributed by atoms with van der Waals surface area (Å²) >= 11 is 1.70. The van der Waals surface area contributed by atoms with Gasteiger partial charge in [-0.2, -0.15) is 16.4 Å². The van der Waals surface area contributed by atoms with Crippen LogP contribution in [0, 0.1) is 0 Å². The van der Waals surface area contributed by atoms with Crippen LogP contribution >= 0.6 is 11.3 Å². The lowest BCUT2D eigenvalue weighted by Crippen LogP contribution is -2.26. The predicted octanol–water partition coefficient (Wildman–Crippen LogP) is 4.70. The first-order chi connectivity index (χ1) is 14.4. The molecule has 6 rings (SSSR count). The number of nitrogens with zero attached hydrogens (tertiary/aromatic N) is 3. The molecule has 0 bridgehead atoms. The molecule has 144 valence electrons. The molecule has 6 nitrogen and oxygen atoms in total. The monoisotopic (exact) mass is 400 g/mol. The number of aromatic amines is 2. The van der Waals surface area contributed by atoms with E-state index >= 15 is 0 Å². The Bertz CT molecular complexity index is 1290. The van der Waals surface area contributed by atoms with Gasteiger partial charge in [-0.05, 0) is 83.6 Å². The molecule has 0 unspecified atom stereocenters. The number of thiophene rings is 1. The average molecular weight is 401 g/mol. The molecule has 5 aromatic heterocycles. The van der Waals surface area contributed by atoms with Crippen molar-refractivity contribution < 1.29 is 0 Å². The highest BCUT2D eigenvalue weighted by molar-refractivity contribution is 7.08. The Morgan fingerprint density at radius 3 is 2.79 bits per heavy atom. The second-order valence-corrected chi connectivity index (χ2v) is 8.36. The summed E-state index contributed by atoms with van der Waals surface area (Å²) in [6.07, 6.45) is 6.16. The minimum absolute atomic E-state index is 0.561. The fourth-order valence-electron chi connectivity index (χ4n) is 4.33. The van der Waals surface area contributed by atoms with E-state index in [0.29, 0.717) is 5.92 Å². The maximum Gasteiger partial charge on any atom is 0.155 e. The molecule has 5 aromatic rings. The Hall–Kier alpha value is -3.03. The third-order valence-corrected chi connectivity index (χ3v) is 6.55. The molecule has 6 heterocycles. The average Bonchev–Trinajstić information content (AvgIpc) is 3.52. The normalized spacial score (nSPS) is 15.4. The standard InChI is InChI=1S/C22H20N6S/c1-5-23-6-2-13(1)15-9-18-20(27-28-22(18)25-11-15)19-10-17-16(14-4-8-29-12-14)3-7-24-21(17)26-19/h3-4,7-13,23H,1-2,5-6H2,(H,24,26)(H,25,27,28). The highest BCUT2D eigenvalue weighted by Crippen LogP contribution is 2.35. The molecular formula is C22H20N6S. The van der Waals surface area contributed by atoms with Gasteiger partial charge in [-0.25, -0.2) is 9.97 Å². The molecule has 0 aromatic carbocycles. The molecule has 1 saturated heterocycles. The summed E-state index contributed by atoms with van der Waals surface area (Å²) in [5, 5.41) is 17.5. The van der Waals surface area contributed by atoms with Gasteiger partial charge in [0, 0.05) is 23.2 Å². The summed E-state index contributed by atoms with van der Waals surface area (Å²) in [7, 11) is 0. The number of nitrogens with one attached hydrogen (secondary N) is 3. The number of pyridine rings is 2. The first-order valence-corrected chi connectivity index (χ1v) is 10.9. The van der Waals surface area contributed by atoms with Crippen LogP contribution in [0.2, 0.25) is 0 Å². The van der Waals surface area contributed by atoms with E-state index in [-0.39, 0.29) is 0 Å². The maximum atomic E-state index is 4.65. The van der Waals surface area contributed by atoms with Crippen molar-refractivity contribution in [1.29, 1.82) is 0 Å². The summed E-state index contributed by atoms with van der Waals surface area (Å²) in [6.45, 7) is 2.14. The Labute approximate surface area is 171 Å². The van der Waals surface area contributed by atoms with Crippen molar-refractivity contribution in [2.24, 2.45) is 0 Å². The largest absolute Gasteiger partial charge is 0.338 e. The van der Waals surface area contributed by atoms with E-state index in [1.807, 2.05) is 12.4 Å². The van der Waals surface area contributed by atoms with Gasteiger partial charge in [0.2, 0.25) is 0 Å². The zero-order valence-electron chi connectivity index (χ0n) is 15.8. The van der Waals surface area contributed by atoms with Crippen LogP contribution in [-0.4, -0.2) is 38.2 Å². The third-order valence-electron chi connectivity index (χ3n) is 5.87. The van der Waals surface area contributed by atoms with Crippen LogP contribution in [-0.2, 0) is 0 Å². The number of hydrogen-bond donors (Lipinski definition) is 3. The van der Waals surface area contributed by atoms with Crippen molar-refractivity contribution in [3.05, 3.63) is 53.0 Å². The fraction of sp³-hybridized carbons (Fsp3) is 0.227. The van der Waals surface area contributed by atoms with Crippen molar-refractivity contribution in [1.82, 2.24) is 30.5 Å². The van der Waals surface area contributed by atoms with E-state index < -0.39 is 0 Å². The Morgan fingerprint density at radius 2 is 1.93 bits per heavy atom. The highest BCUT2D eigenvalue weighted by atomic mass is 32.1. The number of fused-ring (bicyclic) bond motifs is 2. The van der Waals surface area contributed by atoms with Crippen LogP contribution in [0.1, 0.15) is 24.3 Å². The maximum absolute atomic E-state index is 4.65. The smallest absolute Gasteiger partial charge is 0.155 e. The van der Waals surface area contributed by atoms with Crippen molar-refractivity contribution in [3.8, 4) is 22.5 Å². The SMILES string of the molecule is c1cc(-c2ccsc2)c2cc(-c3n[nH]c4ncc(C5CCNCC5)cc34)[nH]c2n1. The van der Waals surface area contributed by atoms with Crippen LogP contribution in [0.25, 0.3) is 44.6 Å². The number of piperidine rings is 1. The summed E-state index contributed by atoms with van der Waals surface area (Å²) in [4.78, 5) is 12.7. The summed E-state index contributed by atoms with van der Waals surface area (Å²) in [6, 6.07) is 8.63. The molecule has 1 aliphatic heterocycles. The highest BCUT2D eigenvalue weighted by Gasteiger charge is 2.19. The number of aromatic nitrogens is 5. The van der Waals surface area contributed by atoms with Gasteiger partial charge in [-0.1, -0.05) is 0 Å². The molecule has 0 spiro atoms. The van der Waals surface area contributed by atoms with Crippen LogP contribution in [0.5, 0.6) is 0 Å². The molecule has 29 heavy (non-hydrogen) atoms. The van der Waals surface area contributed by atoms with Crippen LogP contribution < -0.4 is 5.32 Å². The van der Waals surface area contributed by atoms with Gasteiger partial charge in [-0.3, -0.25) is 5.10 Å². The molecule has 7 heteroatoms. The lowest BCUT2D eigenvalue weighted by molar-refractivity contribution is 0.460. The summed E-state index contributed by atoms with van der Waals surface area (Å²) in [5.74, 6) is 0.561. The van der Waals surface area contributed by atoms with Gasteiger partial charge in [0.05, 0.1) is 5.69 Å². The van der Waals surface area contributed by atoms with Gasteiger partial charge in [0.15, 0.2) is 5.65 Å². The van der Waals surface area contributed by atoms with Crippen LogP contribution in [0.15, 0.2) is 47.4 Å². The van der Waals surface area contributed by atoms with Gasteiger partial charge in [0.1, 0.15) is 11.3 Å². The van der Waals surface area contributed by atoms with E-state index in [0.717, 1.165) is 59.4 Å². The molecule has 0 radical (unpaired) electrons. The van der Waals surface area contributed by atoms with Crippen LogP contribution in [0.3, 0.4) is 0 Å². The van der Waals surface area contributed by atoms with Gasteiger partial charge in [-0.15, -0.1) is 0 Å². The molecule has 0 aliphatic carbocycles. The van der Waals surface area contributed by atoms with E-state index in [1.165, 1.54) is 16.7 Å². The molecular weight excluding hydrogens is 380 g/mol. The molecule has 3 N–H and O–H groups in total. The summed E-state index contributed by atoms with van der Waals surface area (Å²) < 4.78 is 0. The van der Waals surface area contributed by atoms with E-state index in [4.69, 9.17) is 0 Å². The number of rotatable bonds is 3. The first-order valence-electron chi connectivity index (χ1n) is 9.92. The third kappa shape index (κ3) is 2.85. The molecule has 0 saturated carbocycles. The number of H-pyrrole nitrogens is 2.